The molecule has 5 aromatic carbocycles. The van der Waals surface area contributed by atoms with Gasteiger partial charge in [-0.1, -0.05) is 98.8 Å². The van der Waals surface area contributed by atoms with E-state index in [0.29, 0.717) is 11.1 Å². The van der Waals surface area contributed by atoms with Crippen LogP contribution in [0.5, 0.6) is 11.5 Å². The number of hydrogen-bond acceptors (Lipinski definition) is 4. The summed E-state index contributed by atoms with van der Waals surface area (Å²) in [5.41, 5.74) is 4.99. The third-order valence-electron chi connectivity index (χ3n) is 7.12. The lowest BCUT2D eigenvalue weighted by molar-refractivity contribution is 0.419. The van der Waals surface area contributed by atoms with Crippen molar-refractivity contribution in [2.24, 2.45) is 0 Å². The molecule has 0 aromatic heterocycles. The molecule has 0 unspecified atom stereocenters. The molecule has 6 rings (SSSR count). The lowest BCUT2D eigenvalue weighted by Gasteiger charge is -2.36. The fourth-order valence-electron chi connectivity index (χ4n) is 5.35. The maximum Gasteiger partial charge on any atom is 0.222 e. The molecule has 180 valence electrons. The summed E-state index contributed by atoms with van der Waals surface area (Å²) in [6, 6.07) is 35.6. The fraction of sp³-hybridized carbons (Fsp3) is 0.0909. The Bertz CT molecular complexity index is 1690. The van der Waals surface area contributed by atoms with Crippen LogP contribution in [-0.4, -0.2) is 11.8 Å². The van der Waals surface area contributed by atoms with Gasteiger partial charge in [-0.3, -0.25) is 10.8 Å². The number of benzene rings is 5. The molecule has 0 bridgehead atoms. The molecule has 2 N–H and O–H groups in total. The normalized spacial score (nSPS) is 13.2. The van der Waals surface area contributed by atoms with Crippen LogP contribution in [0, 0.1) is 10.8 Å². The largest absolute Gasteiger partial charge is 0.457 e. The van der Waals surface area contributed by atoms with Crippen molar-refractivity contribution >= 4 is 22.6 Å². The van der Waals surface area contributed by atoms with Crippen LogP contribution in [-0.2, 0) is 10.2 Å². The topological polar surface area (TPSA) is 66.2 Å². The number of hydrogen-bond donors (Lipinski definition) is 2. The second-order valence-electron chi connectivity index (χ2n) is 9.74. The van der Waals surface area contributed by atoms with E-state index in [0.717, 1.165) is 44.5 Å². The summed E-state index contributed by atoms with van der Waals surface area (Å²) >= 11 is 0. The monoisotopic (exact) mass is 482 g/mol. The highest BCUT2D eigenvalue weighted by Gasteiger charge is 2.37. The van der Waals surface area contributed by atoms with Crippen LogP contribution in [0.25, 0.3) is 21.9 Å². The Morgan fingerprint density at radius 2 is 1.35 bits per heavy atom. The van der Waals surface area contributed by atoms with Crippen molar-refractivity contribution in [2.45, 2.75) is 19.3 Å². The molecule has 0 spiro atoms. The van der Waals surface area contributed by atoms with Gasteiger partial charge in [-0.15, -0.1) is 0 Å². The highest BCUT2D eigenvalue weighted by Crippen LogP contribution is 2.51. The smallest absolute Gasteiger partial charge is 0.222 e. The van der Waals surface area contributed by atoms with Gasteiger partial charge in [0.2, 0.25) is 11.8 Å². The number of para-hydroxylation sites is 1. The first-order valence-corrected chi connectivity index (χ1v) is 12.3. The minimum atomic E-state index is -0.330. The molecule has 1 heterocycles. The van der Waals surface area contributed by atoms with Gasteiger partial charge >= 0.3 is 0 Å². The molecule has 0 amide bonds. The molecule has 4 heteroatoms. The van der Waals surface area contributed by atoms with E-state index in [1.807, 2.05) is 91.0 Å². The van der Waals surface area contributed by atoms with Gasteiger partial charge in [-0.2, -0.15) is 0 Å². The Morgan fingerprint density at radius 3 is 2.19 bits per heavy atom. The van der Waals surface area contributed by atoms with E-state index in [1.54, 1.807) is 0 Å². The Balaban J connectivity index is 1.54. The number of rotatable bonds is 3. The van der Waals surface area contributed by atoms with Gasteiger partial charge in [0.15, 0.2) is 0 Å². The number of nitrogens with one attached hydrogen (secondary N) is 2. The second-order valence-corrected chi connectivity index (χ2v) is 9.74. The van der Waals surface area contributed by atoms with Crippen LogP contribution in [0.2, 0.25) is 0 Å². The summed E-state index contributed by atoms with van der Waals surface area (Å²) in [6.45, 7) is 4.43. The molecule has 0 radical (unpaired) electrons. The average Bonchev–Trinajstić information content (AvgIpc) is 2.92. The maximum absolute atomic E-state index is 9.04. The van der Waals surface area contributed by atoms with Crippen LogP contribution in [0.4, 0.5) is 0 Å². The van der Waals surface area contributed by atoms with Gasteiger partial charge in [0.05, 0.1) is 5.56 Å². The number of ether oxygens (including phenoxy) is 2. The molecule has 1 aliphatic heterocycles. The van der Waals surface area contributed by atoms with Crippen molar-refractivity contribution in [1.29, 1.82) is 10.8 Å². The summed E-state index contributed by atoms with van der Waals surface area (Å²) in [5.74, 6) is 1.55. The Kier molecular flexibility index (Phi) is 5.38. The van der Waals surface area contributed by atoms with E-state index in [-0.39, 0.29) is 17.2 Å². The fourth-order valence-corrected chi connectivity index (χ4v) is 5.35. The summed E-state index contributed by atoms with van der Waals surface area (Å²) in [4.78, 5) is 0. The van der Waals surface area contributed by atoms with Crippen molar-refractivity contribution in [2.75, 3.05) is 0 Å². The van der Waals surface area contributed by atoms with Gasteiger partial charge in [-0.25, -0.2) is 0 Å². The summed E-state index contributed by atoms with van der Waals surface area (Å²) in [5, 5.41) is 19.5. The third-order valence-corrected chi connectivity index (χ3v) is 7.12. The van der Waals surface area contributed by atoms with Crippen molar-refractivity contribution in [1.82, 2.24) is 0 Å². The molecule has 0 atom stereocenters. The van der Waals surface area contributed by atoms with Gasteiger partial charge in [0.25, 0.3) is 0 Å². The van der Waals surface area contributed by atoms with E-state index >= 15 is 0 Å². The molecular weight excluding hydrogens is 456 g/mol. The van der Waals surface area contributed by atoms with E-state index in [4.69, 9.17) is 20.3 Å². The van der Waals surface area contributed by atoms with E-state index in [2.05, 4.69) is 32.0 Å². The van der Waals surface area contributed by atoms with Crippen molar-refractivity contribution in [3.63, 3.8) is 0 Å². The average molecular weight is 483 g/mol. The van der Waals surface area contributed by atoms with Gasteiger partial charge < -0.3 is 9.47 Å². The molecule has 0 saturated heterocycles. The van der Waals surface area contributed by atoms with Gasteiger partial charge in [0, 0.05) is 22.1 Å². The summed E-state index contributed by atoms with van der Waals surface area (Å²) in [6.07, 6.45) is 0. The van der Waals surface area contributed by atoms with E-state index in [9.17, 15) is 0 Å². The van der Waals surface area contributed by atoms with Gasteiger partial charge in [-0.05, 0) is 46.2 Å². The van der Waals surface area contributed by atoms with Crippen molar-refractivity contribution in [3.8, 4) is 22.6 Å². The Hall–Kier alpha value is -4.70. The Morgan fingerprint density at radius 1 is 0.649 bits per heavy atom. The minimum absolute atomic E-state index is 0.0582. The predicted molar refractivity (Wildman–Crippen MR) is 149 cm³/mol. The van der Waals surface area contributed by atoms with Crippen molar-refractivity contribution in [3.05, 3.63) is 131 Å². The highest BCUT2D eigenvalue weighted by molar-refractivity contribution is 6.15. The zero-order valence-electron chi connectivity index (χ0n) is 20.7. The molecule has 0 fully saturated rings. The molecular formula is C33H26N2O2. The zero-order chi connectivity index (χ0) is 25.6. The first-order chi connectivity index (χ1) is 17.9. The highest BCUT2D eigenvalue weighted by atomic mass is 16.5. The molecule has 37 heavy (non-hydrogen) atoms. The van der Waals surface area contributed by atoms with Crippen LogP contribution in [0.15, 0.2) is 109 Å². The predicted octanol–water partition coefficient (Wildman–Crippen LogP) is 8.31. The minimum Gasteiger partial charge on any atom is -0.457 e. The molecule has 0 saturated carbocycles. The van der Waals surface area contributed by atoms with E-state index < -0.39 is 0 Å². The van der Waals surface area contributed by atoms with Crippen LogP contribution < -0.4 is 4.74 Å². The first-order valence-electron chi connectivity index (χ1n) is 12.3. The quantitative estimate of drug-likeness (QED) is 0.201. The lowest BCUT2D eigenvalue weighted by atomic mass is 9.72. The molecule has 1 aliphatic rings. The third kappa shape index (κ3) is 3.78. The second kappa shape index (κ2) is 8.75. The lowest BCUT2D eigenvalue weighted by Crippen LogP contribution is -2.25. The standard InChI is InChI=1S/C33H26N2O2/c1-33(2)26-16-8-9-17-27(26)36-28-18-10-15-25(30(28)33)24-20-19-21-11-6-7-14-23(21)29(24)32(35)37-31(34)22-12-4-3-5-13-22/h3-20,34-35H,1-2H3. The van der Waals surface area contributed by atoms with Crippen LogP contribution in [0.3, 0.4) is 0 Å². The van der Waals surface area contributed by atoms with E-state index in [1.165, 1.54) is 0 Å². The van der Waals surface area contributed by atoms with Gasteiger partial charge in [0.1, 0.15) is 11.5 Å². The SMILES string of the molecule is CC1(C)c2ccccc2Oc2cccc(-c3ccc4ccccc4c3C(=N)OC(=N)c3ccccc3)c21. The zero-order valence-corrected chi connectivity index (χ0v) is 20.7. The molecule has 4 nitrogen and oxygen atoms in total. The molecule has 0 aliphatic carbocycles. The Labute approximate surface area is 216 Å². The molecule has 5 aromatic rings. The maximum atomic E-state index is 9.04. The summed E-state index contributed by atoms with van der Waals surface area (Å²) < 4.78 is 12.2. The van der Waals surface area contributed by atoms with Crippen molar-refractivity contribution < 1.29 is 9.47 Å². The van der Waals surface area contributed by atoms with Crippen LogP contribution >= 0.6 is 0 Å². The first kappa shape index (κ1) is 22.7. The van der Waals surface area contributed by atoms with Crippen LogP contribution in [0.1, 0.15) is 36.1 Å². The summed E-state index contributed by atoms with van der Waals surface area (Å²) in [7, 11) is 0. The number of fused-ring (bicyclic) bond motifs is 3.